The van der Waals surface area contributed by atoms with Crippen molar-refractivity contribution in [1.29, 1.82) is 5.26 Å². The van der Waals surface area contributed by atoms with Crippen LogP contribution in [-0.2, 0) is 10.8 Å². The number of hydrogen-bond acceptors (Lipinski definition) is 1. The number of hydrogen-bond donors (Lipinski definition) is 0. The van der Waals surface area contributed by atoms with E-state index in [4.69, 9.17) is 0 Å². The molecule has 22 heavy (non-hydrogen) atoms. The molecule has 0 N–H and O–H groups in total. The van der Waals surface area contributed by atoms with Crippen molar-refractivity contribution in [3.63, 3.8) is 0 Å². The summed E-state index contributed by atoms with van der Waals surface area (Å²) in [6, 6.07) is 19.9. The third-order valence-corrected chi connectivity index (χ3v) is 6.46. The van der Waals surface area contributed by atoms with Gasteiger partial charge in [-0.05, 0) is 0 Å². The van der Waals surface area contributed by atoms with Gasteiger partial charge >= 0.3 is 145 Å². The van der Waals surface area contributed by atoms with Crippen molar-refractivity contribution in [2.75, 3.05) is 0 Å². The Kier molecular flexibility index (Phi) is 4.97. The SMILES string of the molecule is CC(C)(C)c1ccc([I-]c2ccc(C(C)(C)C#N)cc2)cc1. The molecule has 0 amide bonds. The first kappa shape index (κ1) is 17.0. The van der Waals surface area contributed by atoms with Crippen LogP contribution in [0.4, 0.5) is 0 Å². The van der Waals surface area contributed by atoms with Crippen molar-refractivity contribution in [2.45, 2.75) is 45.4 Å². The molecular weight excluding hydrogens is 381 g/mol. The molecule has 0 atom stereocenters. The van der Waals surface area contributed by atoms with Crippen molar-refractivity contribution in [2.24, 2.45) is 0 Å². The van der Waals surface area contributed by atoms with Gasteiger partial charge in [0.05, 0.1) is 0 Å². The molecule has 2 heteroatoms. The van der Waals surface area contributed by atoms with E-state index < -0.39 is 5.41 Å². The van der Waals surface area contributed by atoms with E-state index in [1.807, 2.05) is 13.8 Å². The zero-order valence-electron chi connectivity index (χ0n) is 13.9. The normalized spacial score (nSPS) is 12.2. The van der Waals surface area contributed by atoms with Crippen LogP contribution in [0, 0.1) is 18.5 Å². The van der Waals surface area contributed by atoms with Crippen molar-refractivity contribution in [1.82, 2.24) is 0 Å². The molecule has 0 saturated heterocycles. The van der Waals surface area contributed by atoms with Crippen LogP contribution in [0.5, 0.6) is 0 Å². The molecule has 0 fully saturated rings. The van der Waals surface area contributed by atoms with Crippen LogP contribution >= 0.6 is 0 Å². The molecule has 0 unspecified atom stereocenters. The van der Waals surface area contributed by atoms with Crippen LogP contribution in [0.2, 0.25) is 0 Å². The Bertz CT molecular complexity index is 668. The van der Waals surface area contributed by atoms with Crippen LogP contribution in [0.1, 0.15) is 45.7 Å². The molecule has 1 nitrogen and oxygen atoms in total. The summed E-state index contributed by atoms with van der Waals surface area (Å²) in [5.74, 6) is 0. The molecule has 116 valence electrons. The Morgan fingerprint density at radius 2 is 1.14 bits per heavy atom. The van der Waals surface area contributed by atoms with E-state index in [0.717, 1.165) is 5.56 Å². The quantitative estimate of drug-likeness (QED) is 0.718. The predicted molar refractivity (Wildman–Crippen MR) is 87.6 cm³/mol. The van der Waals surface area contributed by atoms with Gasteiger partial charge in [0.1, 0.15) is 0 Å². The Morgan fingerprint density at radius 1 is 0.727 bits per heavy atom. The zero-order chi connectivity index (χ0) is 16.4. The van der Waals surface area contributed by atoms with Crippen LogP contribution in [-0.4, -0.2) is 0 Å². The summed E-state index contributed by atoms with van der Waals surface area (Å²) in [5, 5.41) is 9.20. The molecule has 0 spiro atoms. The summed E-state index contributed by atoms with van der Waals surface area (Å²) in [7, 11) is 0. The van der Waals surface area contributed by atoms with Gasteiger partial charge < -0.3 is 0 Å². The van der Waals surface area contributed by atoms with Crippen molar-refractivity contribution in [3.8, 4) is 6.07 Å². The Balaban J connectivity index is 2.13. The molecule has 2 rings (SSSR count). The molecule has 0 aliphatic carbocycles. The molecule has 0 aliphatic heterocycles. The second-order valence-electron chi connectivity index (χ2n) is 7.10. The number of nitrogens with zero attached hydrogens (tertiary/aromatic N) is 1. The zero-order valence-corrected chi connectivity index (χ0v) is 16.1. The topological polar surface area (TPSA) is 23.8 Å². The fraction of sp³-hybridized carbons (Fsp3) is 0.350. The predicted octanol–water partition coefficient (Wildman–Crippen LogP) is 1.91. The summed E-state index contributed by atoms with van der Waals surface area (Å²) >= 11 is -0.158. The van der Waals surface area contributed by atoms with E-state index >= 15 is 0 Å². The molecule has 2 aromatic rings. The molecule has 0 aromatic heterocycles. The van der Waals surface area contributed by atoms with Crippen molar-refractivity contribution < 1.29 is 21.2 Å². The van der Waals surface area contributed by atoms with Gasteiger partial charge in [0.15, 0.2) is 0 Å². The van der Waals surface area contributed by atoms with Crippen LogP contribution < -0.4 is 21.2 Å². The molecule has 0 bridgehead atoms. The molecule has 0 aliphatic rings. The van der Waals surface area contributed by atoms with E-state index in [0.29, 0.717) is 0 Å². The summed E-state index contributed by atoms with van der Waals surface area (Å²) in [6.07, 6.45) is 0. The van der Waals surface area contributed by atoms with Gasteiger partial charge in [-0.1, -0.05) is 0 Å². The van der Waals surface area contributed by atoms with Gasteiger partial charge in [-0.3, -0.25) is 0 Å². The summed E-state index contributed by atoms with van der Waals surface area (Å²) in [4.78, 5) is 0. The Labute approximate surface area is 144 Å². The monoisotopic (exact) mass is 404 g/mol. The van der Waals surface area contributed by atoms with Gasteiger partial charge in [0.25, 0.3) is 0 Å². The third kappa shape index (κ3) is 4.10. The first-order valence-electron chi connectivity index (χ1n) is 7.49. The van der Waals surface area contributed by atoms with E-state index in [1.165, 1.54) is 12.7 Å². The third-order valence-electron chi connectivity index (χ3n) is 3.77. The molecule has 0 saturated carbocycles. The van der Waals surface area contributed by atoms with Crippen molar-refractivity contribution >= 4 is 0 Å². The molecule has 2 aromatic carbocycles. The summed E-state index contributed by atoms with van der Waals surface area (Å²) < 4.78 is 2.82. The van der Waals surface area contributed by atoms with Crippen LogP contribution in [0.25, 0.3) is 0 Å². The first-order valence-corrected chi connectivity index (χ1v) is 9.65. The fourth-order valence-electron chi connectivity index (χ4n) is 2.13. The van der Waals surface area contributed by atoms with Gasteiger partial charge in [-0.25, -0.2) is 0 Å². The van der Waals surface area contributed by atoms with Crippen LogP contribution in [0.3, 0.4) is 0 Å². The number of benzene rings is 2. The molecular formula is C20H23IN-. The maximum atomic E-state index is 9.20. The van der Waals surface area contributed by atoms with E-state index in [-0.39, 0.29) is 26.6 Å². The summed E-state index contributed by atoms with van der Waals surface area (Å²) in [6.45, 7) is 10.6. The van der Waals surface area contributed by atoms with Gasteiger partial charge in [0.2, 0.25) is 0 Å². The average molecular weight is 404 g/mol. The second kappa shape index (κ2) is 6.42. The van der Waals surface area contributed by atoms with Gasteiger partial charge in [-0.2, -0.15) is 0 Å². The Hall–Kier alpha value is -1.34. The summed E-state index contributed by atoms with van der Waals surface area (Å²) in [5.41, 5.74) is 2.27. The van der Waals surface area contributed by atoms with E-state index in [1.54, 1.807) is 0 Å². The molecule has 0 radical (unpaired) electrons. The van der Waals surface area contributed by atoms with Crippen molar-refractivity contribution in [3.05, 3.63) is 66.8 Å². The number of halogens is 1. The minimum absolute atomic E-state index is 0.158. The van der Waals surface area contributed by atoms with Gasteiger partial charge in [-0.15, -0.1) is 0 Å². The second-order valence-corrected chi connectivity index (χ2v) is 10.1. The average Bonchev–Trinajstić information content (AvgIpc) is 2.47. The standard InChI is InChI=1S/C20H23IN/c1-19(2,3)15-6-10-17(11-7-15)21-18-12-8-16(9-13-18)20(4,5)14-22/h6-13H,1-5H3/q-1. The van der Waals surface area contributed by atoms with Gasteiger partial charge in [0, 0.05) is 0 Å². The number of nitriles is 1. The molecule has 0 heterocycles. The fourth-order valence-corrected chi connectivity index (χ4v) is 4.29. The van der Waals surface area contributed by atoms with Crippen LogP contribution in [0.15, 0.2) is 48.5 Å². The van der Waals surface area contributed by atoms with E-state index in [2.05, 4.69) is 75.4 Å². The van der Waals surface area contributed by atoms with E-state index in [9.17, 15) is 5.26 Å². The first-order chi connectivity index (χ1) is 10.2. The maximum absolute atomic E-state index is 9.20. The minimum atomic E-state index is -0.412. The Morgan fingerprint density at radius 3 is 1.50 bits per heavy atom. The number of rotatable bonds is 3.